The van der Waals surface area contributed by atoms with Gasteiger partial charge in [0.05, 0.1) is 13.3 Å². The lowest BCUT2D eigenvalue weighted by Gasteiger charge is -2.39. The van der Waals surface area contributed by atoms with Crippen LogP contribution in [0.15, 0.2) is 155 Å². The molecule has 0 aromatic heterocycles. The average Bonchev–Trinajstić information content (AvgIpc) is 3.13. The maximum Gasteiger partial charge on any atom is 0.212 e. The van der Waals surface area contributed by atoms with Crippen LogP contribution in [-0.4, -0.2) is 24.8 Å². The molecule has 0 aliphatic rings. The Morgan fingerprint density at radius 3 is 1.24 bits per heavy atom. The number of ether oxygens (including phenoxy) is 1. The van der Waals surface area contributed by atoms with Crippen molar-refractivity contribution in [1.29, 1.82) is 0 Å². The van der Waals surface area contributed by atoms with E-state index < -0.39 is 16.1 Å². The van der Waals surface area contributed by atoms with Gasteiger partial charge in [-0.05, 0) is 109 Å². The summed E-state index contributed by atoms with van der Waals surface area (Å²) in [6, 6.07) is 39.0. The molecule has 0 fully saturated rings. The van der Waals surface area contributed by atoms with E-state index in [0.29, 0.717) is 31.1 Å². The van der Waals surface area contributed by atoms with Crippen LogP contribution < -0.4 is 21.1 Å². The predicted octanol–water partition coefficient (Wildman–Crippen LogP) is 9.01. The molecular formula is C40H32BCl2F3O3S. The highest BCUT2D eigenvalue weighted by atomic mass is 35.5. The Bertz CT molecular complexity index is 1930. The minimum Gasteiger partial charge on any atom is -0.497 e. The van der Waals surface area contributed by atoms with E-state index in [1.165, 1.54) is 36.4 Å². The summed E-state index contributed by atoms with van der Waals surface area (Å²) in [6.45, 7) is 2.02. The van der Waals surface area contributed by atoms with Gasteiger partial charge in [-0.15, -0.1) is 0 Å². The van der Waals surface area contributed by atoms with Gasteiger partial charge >= 0.3 is 0 Å². The van der Waals surface area contributed by atoms with Crippen LogP contribution in [0.4, 0.5) is 13.2 Å². The number of hydrogen-bond acceptors (Lipinski definition) is 3. The van der Waals surface area contributed by atoms with Crippen LogP contribution in [0.25, 0.3) is 0 Å². The minimum absolute atomic E-state index is 0.150. The van der Waals surface area contributed by atoms with Crippen molar-refractivity contribution in [3.05, 3.63) is 179 Å². The quantitative estimate of drug-likeness (QED) is 0.0848. The van der Waals surface area contributed by atoms with Crippen LogP contribution in [0.1, 0.15) is 10.4 Å². The van der Waals surface area contributed by atoms with Crippen LogP contribution in [-0.2, 0) is 14.1 Å². The largest absolute Gasteiger partial charge is 0.497 e. The third kappa shape index (κ3) is 8.39. The van der Waals surface area contributed by atoms with E-state index in [0.717, 1.165) is 16.4 Å². The molecule has 6 aromatic carbocycles. The Hall–Kier alpha value is -4.63. The second-order valence-corrected chi connectivity index (χ2v) is 15.3. The van der Waals surface area contributed by atoms with E-state index in [-0.39, 0.29) is 29.0 Å². The van der Waals surface area contributed by atoms with E-state index in [4.69, 9.17) is 27.9 Å². The van der Waals surface area contributed by atoms with E-state index in [1.54, 1.807) is 116 Å². The molecule has 50 heavy (non-hydrogen) atoms. The number of hydrogen-bond donors (Lipinski definition) is 0. The van der Waals surface area contributed by atoms with Crippen molar-refractivity contribution in [3.63, 3.8) is 0 Å². The molecule has 0 amide bonds. The van der Waals surface area contributed by atoms with Crippen molar-refractivity contribution in [2.45, 2.75) is 16.6 Å². The maximum absolute atomic E-state index is 14.0. The number of ketones is 1. The van der Waals surface area contributed by atoms with Gasteiger partial charge in [-0.1, -0.05) is 63.8 Å². The fourth-order valence-corrected chi connectivity index (χ4v) is 8.32. The van der Waals surface area contributed by atoms with E-state index in [2.05, 4.69) is 0 Å². The lowest BCUT2D eigenvalue weighted by Crippen LogP contribution is -2.64. The molecule has 0 bridgehead atoms. The van der Waals surface area contributed by atoms with Crippen LogP contribution in [0.3, 0.4) is 0 Å². The van der Waals surface area contributed by atoms with Gasteiger partial charge in [0.25, 0.3) is 0 Å². The summed E-state index contributed by atoms with van der Waals surface area (Å²) in [6.07, 6.45) is -1.46. The molecule has 6 rings (SSSR count). The smallest absolute Gasteiger partial charge is 0.212 e. The summed E-state index contributed by atoms with van der Waals surface area (Å²) in [7, 11) is -1.28. The topological polar surface area (TPSA) is 43.4 Å². The standard InChI is InChI=1S/C21H17Cl2O3S.C19H15BF3/c1-26-18-8-2-15(3-9-18)21(24)14-27(25,19-10-4-16(22)5-11-19)20-12-6-17(23)7-13-20;1-20(14-2-8-17(21)9-3-14,15-4-10-18(22)11-5-15)16-6-12-19(23)13-7-16/h2-13H,14H2,1H3;2-13H,1H3/q+1;-1. The molecule has 10 heteroatoms. The number of benzene rings is 6. The molecular weight excluding hydrogens is 699 g/mol. The molecule has 3 nitrogen and oxygen atoms in total. The monoisotopic (exact) mass is 730 g/mol. The first-order valence-electron chi connectivity index (χ1n) is 15.6. The molecule has 6 aromatic rings. The van der Waals surface area contributed by atoms with Crippen molar-refractivity contribution in [3.8, 4) is 5.75 Å². The minimum atomic E-state index is -2.84. The first-order chi connectivity index (χ1) is 23.9. The van der Waals surface area contributed by atoms with Crippen molar-refractivity contribution in [2.75, 3.05) is 12.9 Å². The van der Waals surface area contributed by atoms with E-state index in [9.17, 15) is 22.2 Å². The van der Waals surface area contributed by atoms with Gasteiger partial charge < -0.3 is 4.74 Å². The van der Waals surface area contributed by atoms with Crippen molar-refractivity contribution < 1.29 is 26.9 Å². The molecule has 0 N–H and O–H groups in total. The lowest BCUT2D eigenvalue weighted by molar-refractivity contribution is 0.102. The highest BCUT2D eigenvalue weighted by Gasteiger charge is 2.38. The highest BCUT2D eigenvalue weighted by Crippen LogP contribution is 2.32. The third-order valence-electron chi connectivity index (χ3n) is 8.75. The third-order valence-corrected chi connectivity index (χ3v) is 12.0. The zero-order valence-corrected chi connectivity index (χ0v) is 29.5. The molecule has 0 aliphatic heterocycles. The number of rotatable bonds is 9. The van der Waals surface area contributed by atoms with Gasteiger partial charge in [0.15, 0.2) is 25.5 Å². The SMILES string of the molecule is COc1ccc(C(=O)C[S+](=O)(c2ccc(Cl)cc2)c2ccc(Cl)cc2)cc1.C[B-](c1ccc(F)cc1)(c1ccc(F)cc1)c1ccc(F)cc1. The first-order valence-corrected chi connectivity index (χ1v) is 18.1. The summed E-state index contributed by atoms with van der Waals surface area (Å²) in [5.41, 5.74) is 3.20. The van der Waals surface area contributed by atoms with Crippen molar-refractivity contribution in [2.24, 2.45) is 0 Å². The van der Waals surface area contributed by atoms with Gasteiger partial charge in [0.1, 0.15) is 23.2 Å². The molecule has 0 spiro atoms. The molecule has 0 saturated carbocycles. The number of Topliss-reactive ketones (excluding diaryl/α,β-unsaturated/α-hetero) is 1. The van der Waals surface area contributed by atoms with Gasteiger partial charge in [-0.3, -0.25) is 4.79 Å². The molecule has 0 radical (unpaired) electrons. The summed E-state index contributed by atoms with van der Waals surface area (Å²) in [4.78, 5) is 14.0. The van der Waals surface area contributed by atoms with Gasteiger partial charge in [0.2, 0.25) is 5.78 Å². The fourth-order valence-electron chi connectivity index (χ4n) is 5.78. The summed E-state index contributed by atoms with van der Waals surface area (Å²) in [5, 5.41) is 1.08. The zero-order valence-electron chi connectivity index (χ0n) is 27.2. The predicted molar refractivity (Wildman–Crippen MR) is 199 cm³/mol. The summed E-state index contributed by atoms with van der Waals surface area (Å²) < 4.78 is 59.0. The van der Waals surface area contributed by atoms with Gasteiger partial charge in [-0.25, -0.2) is 13.2 Å². The molecule has 254 valence electrons. The fraction of sp³-hybridized carbons (Fsp3) is 0.0750. The molecule has 0 atom stereocenters. The van der Waals surface area contributed by atoms with Crippen LogP contribution in [0, 0.1) is 17.5 Å². The zero-order chi connectivity index (χ0) is 35.9. The molecule has 0 saturated heterocycles. The number of carbonyl (C=O) groups is 1. The van der Waals surface area contributed by atoms with Crippen LogP contribution in [0.5, 0.6) is 5.75 Å². The Labute approximate surface area is 301 Å². The van der Waals surface area contributed by atoms with Gasteiger partial charge in [-0.2, -0.15) is 23.2 Å². The Balaban J connectivity index is 0.000000197. The number of carbonyl (C=O) groups excluding carboxylic acids is 1. The molecule has 0 aliphatic carbocycles. The Morgan fingerprint density at radius 1 is 0.580 bits per heavy atom. The van der Waals surface area contributed by atoms with E-state index in [1.807, 2.05) is 6.82 Å². The molecule has 0 unspecified atom stereocenters. The summed E-state index contributed by atoms with van der Waals surface area (Å²) >= 11 is 11.9. The Morgan fingerprint density at radius 2 is 0.920 bits per heavy atom. The van der Waals surface area contributed by atoms with Crippen molar-refractivity contribution >= 4 is 61.5 Å². The molecule has 0 heterocycles. The average molecular weight is 731 g/mol. The van der Waals surface area contributed by atoms with Gasteiger partial charge in [0, 0.05) is 15.6 Å². The number of halogens is 5. The number of methoxy groups -OCH3 is 1. The summed E-state index contributed by atoms with van der Waals surface area (Å²) in [5.74, 6) is -0.654. The van der Waals surface area contributed by atoms with E-state index >= 15 is 0 Å². The Kier molecular flexibility index (Phi) is 11.7. The van der Waals surface area contributed by atoms with Crippen LogP contribution >= 0.6 is 23.2 Å². The lowest BCUT2D eigenvalue weighted by atomic mass is 9.17. The maximum atomic E-state index is 14.0. The second-order valence-electron chi connectivity index (χ2n) is 11.8. The van der Waals surface area contributed by atoms with Crippen LogP contribution in [0.2, 0.25) is 16.9 Å². The second kappa shape index (κ2) is 15.9. The highest BCUT2D eigenvalue weighted by molar-refractivity contribution is 8.03. The van der Waals surface area contributed by atoms with Crippen molar-refractivity contribution in [1.82, 2.24) is 0 Å². The normalized spacial score (nSPS) is 11.3. The first kappa shape index (κ1) is 36.7.